The van der Waals surface area contributed by atoms with E-state index in [0.29, 0.717) is 0 Å². The summed E-state index contributed by atoms with van der Waals surface area (Å²) in [5.74, 6) is 0.932. The number of nitrogens with zero attached hydrogens (tertiary/aromatic N) is 1. The molecule has 0 spiro atoms. The van der Waals surface area contributed by atoms with Crippen molar-refractivity contribution in [3.8, 4) is 0 Å². The van der Waals surface area contributed by atoms with Gasteiger partial charge >= 0.3 is 0 Å². The lowest BCUT2D eigenvalue weighted by Crippen LogP contribution is -2.05. The number of rotatable bonds is 3. The van der Waals surface area contributed by atoms with E-state index in [-0.39, 0.29) is 6.04 Å². The lowest BCUT2D eigenvalue weighted by molar-refractivity contribution is 0.490. The second-order valence-electron chi connectivity index (χ2n) is 4.29. The number of benzene rings is 1. The second-order valence-corrected chi connectivity index (χ2v) is 4.29. The summed E-state index contributed by atoms with van der Waals surface area (Å²) < 4.78 is 5.38. The van der Waals surface area contributed by atoms with Gasteiger partial charge in [0.25, 0.3) is 0 Å². The van der Waals surface area contributed by atoms with Crippen LogP contribution in [0, 0.1) is 0 Å². The summed E-state index contributed by atoms with van der Waals surface area (Å²) in [6.07, 6.45) is 3.50. The molecule has 0 aliphatic carbocycles. The van der Waals surface area contributed by atoms with Crippen molar-refractivity contribution in [2.75, 3.05) is 5.32 Å². The molecule has 0 saturated carbocycles. The molecular formula is C15H14N2O. The van der Waals surface area contributed by atoms with Gasteiger partial charge in [-0.1, -0.05) is 6.07 Å². The highest BCUT2D eigenvalue weighted by atomic mass is 16.3. The Balaban J connectivity index is 1.86. The maximum atomic E-state index is 5.38. The molecule has 0 aliphatic rings. The molecule has 1 atom stereocenters. The number of pyridine rings is 1. The first-order valence-corrected chi connectivity index (χ1v) is 5.98. The van der Waals surface area contributed by atoms with Crippen molar-refractivity contribution in [1.82, 2.24) is 4.98 Å². The van der Waals surface area contributed by atoms with Crippen molar-refractivity contribution in [1.29, 1.82) is 0 Å². The van der Waals surface area contributed by atoms with Crippen LogP contribution in [0.1, 0.15) is 18.7 Å². The van der Waals surface area contributed by atoms with Gasteiger partial charge in [0, 0.05) is 17.3 Å². The van der Waals surface area contributed by atoms with Crippen molar-refractivity contribution in [3.05, 3.63) is 60.7 Å². The Morgan fingerprint density at radius 1 is 1.17 bits per heavy atom. The lowest BCUT2D eigenvalue weighted by Gasteiger charge is -2.13. The fourth-order valence-electron chi connectivity index (χ4n) is 2.02. The molecule has 18 heavy (non-hydrogen) atoms. The van der Waals surface area contributed by atoms with Gasteiger partial charge < -0.3 is 9.73 Å². The maximum absolute atomic E-state index is 5.38. The molecule has 90 valence electrons. The van der Waals surface area contributed by atoms with Gasteiger partial charge in [0.05, 0.1) is 17.8 Å². The molecule has 3 aromatic rings. The van der Waals surface area contributed by atoms with Gasteiger partial charge in [-0.25, -0.2) is 0 Å². The highest BCUT2D eigenvalue weighted by molar-refractivity contribution is 5.82. The first-order chi connectivity index (χ1) is 8.83. The molecule has 0 aliphatic heterocycles. The molecule has 0 bridgehead atoms. The van der Waals surface area contributed by atoms with E-state index in [9.17, 15) is 0 Å². The van der Waals surface area contributed by atoms with Gasteiger partial charge in [-0.2, -0.15) is 0 Å². The van der Waals surface area contributed by atoms with Gasteiger partial charge in [-0.15, -0.1) is 0 Å². The van der Waals surface area contributed by atoms with Crippen molar-refractivity contribution < 1.29 is 4.42 Å². The van der Waals surface area contributed by atoms with E-state index < -0.39 is 0 Å². The standard InChI is InChI=1S/C15H14N2O/c1-11(15-5-3-9-18-15)17-13-6-7-14-12(10-13)4-2-8-16-14/h2-11,17H,1H3. The first-order valence-electron chi connectivity index (χ1n) is 5.98. The largest absolute Gasteiger partial charge is 0.467 e. The van der Waals surface area contributed by atoms with E-state index >= 15 is 0 Å². The molecule has 0 amide bonds. The van der Waals surface area contributed by atoms with Crippen LogP contribution in [-0.4, -0.2) is 4.98 Å². The molecule has 3 heteroatoms. The molecule has 1 N–H and O–H groups in total. The Morgan fingerprint density at radius 2 is 2.11 bits per heavy atom. The van der Waals surface area contributed by atoms with Crippen molar-refractivity contribution >= 4 is 16.6 Å². The number of hydrogen-bond acceptors (Lipinski definition) is 3. The minimum absolute atomic E-state index is 0.147. The fourth-order valence-corrected chi connectivity index (χ4v) is 2.02. The van der Waals surface area contributed by atoms with Crippen LogP contribution in [0.15, 0.2) is 59.3 Å². The van der Waals surface area contributed by atoms with E-state index in [2.05, 4.69) is 29.4 Å². The van der Waals surface area contributed by atoms with Crippen LogP contribution in [-0.2, 0) is 0 Å². The van der Waals surface area contributed by atoms with Crippen LogP contribution in [0.5, 0.6) is 0 Å². The average Bonchev–Trinajstić information content (AvgIpc) is 2.92. The van der Waals surface area contributed by atoms with Crippen LogP contribution in [0.4, 0.5) is 5.69 Å². The molecule has 2 heterocycles. The zero-order chi connectivity index (χ0) is 12.4. The van der Waals surface area contributed by atoms with Gasteiger partial charge in [0.15, 0.2) is 0 Å². The van der Waals surface area contributed by atoms with Gasteiger partial charge in [-0.05, 0) is 43.3 Å². The van der Waals surface area contributed by atoms with Crippen LogP contribution >= 0.6 is 0 Å². The van der Waals surface area contributed by atoms with Gasteiger partial charge in [0.2, 0.25) is 0 Å². The van der Waals surface area contributed by atoms with Crippen molar-refractivity contribution in [3.63, 3.8) is 0 Å². The van der Waals surface area contributed by atoms with E-state index in [1.165, 1.54) is 0 Å². The van der Waals surface area contributed by atoms with Crippen molar-refractivity contribution in [2.24, 2.45) is 0 Å². The fraction of sp³-hybridized carbons (Fsp3) is 0.133. The summed E-state index contributed by atoms with van der Waals surface area (Å²) in [6.45, 7) is 2.08. The van der Waals surface area contributed by atoms with Gasteiger partial charge in [-0.3, -0.25) is 4.98 Å². The van der Waals surface area contributed by atoms with E-state index in [1.54, 1.807) is 12.5 Å². The quantitative estimate of drug-likeness (QED) is 0.749. The minimum atomic E-state index is 0.147. The third-order valence-corrected chi connectivity index (χ3v) is 2.96. The predicted molar refractivity (Wildman–Crippen MR) is 72.5 cm³/mol. The van der Waals surface area contributed by atoms with Crippen molar-refractivity contribution in [2.45, 2.75) is 13.0 Å². The molecule has 0 saturated heterocycles. The van der Waals surface area contributed by atoms with Crippen LogP contribution in [0.25, 0.3) is 10.9 Å². The summed E-state index contributed by atoms with van der Waals surface area (Å²) in [5.41, 5.74) is 2.08. The summed E-state index contributed by atoms with van der Waals surface area (Å²) >= 11 is 0. The van der Waals surface area contributed by atoms with Crippen LogP contribution in [0.2, 0.25) is 0 Å². The summed E-state index contributed by atoms with van der Waals surface area (Å²) in [7, 11) is 0. The molecule has 1 unspecified atom stereocenters. The number of fused-ring (bicyclic) bond motifs is 1. The molecule has 2 aromatic heterocycles. The number of anilines is 1. The molecular weight excluding hydrogens is 224 g/mol. The predicted octanol–water partition coefficient (Wildman–Crippen LogP) is 4.00. The Hall–Kier alpha value is -2.29. The number of aromatic nitrogens is 1. The molecule has 0 radical (unpaired) electrons. The second kappa shape index (κ2) is 4.53. The average molecular weight is 238 g/mol. The Kier molecular flexibility index (Phi) is 2.73. The minimum Gasteiger partial charge on any atom is -0.467 e. The third-order valence-electron chi connectivity index (χ3n) is 2.96. The molecule has 3 nitrogen and oxygen atoms in total. The van der Waals surface area contributed by atoms with Crippen LogP contribution < -0.4 is 5.32 Å². The highest BCUT2D eigenvalue weighted by Gasteiger charge is 2.07. The lowest BCUT2D eigenvalue weighted by atomic mass is 10.2. The Labute approximate surface area is 105 Å². The number of hydrogen-bond donors (Lipinski definition) is 1. The molecule has 1 aromatic carbocycles. The van der Waals surface area contributed by atoms with Crippen LogP contribution in [0.3, 0.4) is 0 Å². The number of nitrogens with one attached hydrogen (secondary N) is 1. The smallest absolute Gasteiger partial charge is 0.125 e. The molecule has 0 fully saturated rings. The highest BCUT2D eigenvalue weighted by Crippen LogP contribution is 2.22. The molecule has 3 rings (SSSR count). The summed E-state index contributed by atoms with van der Waals surface area (Å²) in [4.78, 5) is 4.31. The third kappa shape index (κ3) is 2.07. The monoisotopic (exact) mass is 238 g/mol. The topological polar surface area (TPSA) is 38.1 Å². The Bertz CT molecular complexity index is 646. The van der Waals surface area contributed by atoms with E-state index in [1.807, 2.05) is 30.3 Å². The van der Waals surface area contributed by atoms with Gasteiger partial charge in [0.1, 0.15) is 5.76 Å². The SMILES string of the molecule is CC(Nc1ccc2ncccc2c1)c1ccco1. The summed E-state index contributed by atoms with van der Waals surface area (Å²) in [5, 5.41) is 4.55. The first kappa shape index (κ1) is 10.8. The number of furan rings is 1. The normalized spacial score (nSPS) is 12.5. The van der Waals surface area contributed by atoms with E-state index in [4.69, 9.17) is 4.42 Å². The zero-order valence-corrected chi connectivity index (χ0v) is 10.1. The zero-order valence-electron chi connectivity index (χ0n) is 10.1. The summed E-state index contributed by atoms with van der Waals surface area (Å²) in [6, 6.07) is 14.2. The Morgan fingerprint density at radius 3 is 2.94 bits per heavy atom. The maximum Gasteiger partial charge on any atom is 0.125 e. The van der Waals surface area contributed by atoms with E-state index in [0.717, 1.165) is 22.4 Å².